The van der Waals surface area contributed by atoms with E-state index in [4.69, 9.17) is 11.0 Å². The Bertz CT molecular complexity index is 829. The van der Waals surface area contributed by atoms with E-state index >= 15 is 0 Å². The van der Waals surface area contributed by atoms with Crippen LogP contribution in [-0.2, 0) is 6.42 Å². The summed E-state index contributed by atoms with van der Waals surface area (Å²) in [6, 6.07) is 13.7. The van der Waals surface area contributed by atoms with Gasteiger partial charge in [0.2, 0.25) is 0 Å². The molecule has 0 saturated heterocycles. The van der Waals surface area contributed by atoms with Crippen molar-refractivity contribution in [3.8, 4) is 11.8 Å². The van der Waals surface area contributed by atoms with Crippen LogP contribution >= 0.6 is 0 Å². The van der Waals surface area contributed by atoms with Crippen molar-refractivity contribution < 1.29 is 4.39 Å². The summed E-state index contributed by atoms with van der Waals surface area (Å²) in [4.78, 5) is 4.41. The minimum atomic E-state index is -0.380. The van der Waals surface area contributed by atoms with Crippen LogP contribution in [0.25, 0.3) is 16.7 Å². The van der Waals surface area contributed by atoms with Gasteiger partial charge < -0.3 is 5.73 Å². The normalized spacial score (nSPS) is 10.6. The van der Waals surface area contributed by atoms with Gasteiger partial charge in [-0.1, -0.05) is 12.1 Å². The first-order chi connectivity index (χ1) is 9.70. The Balaban J connectivity index is 2.36. The zero-order chi connectivity index (χ0) is 14.1. The van der Waals surface area contributed by atoms with E-state index in [9.17, 15) is 4.39 Å². The molecule has 0 aliphatic carbocycles. The van der Waals surface area contributed by atoms with Gasteiger partial charge in [0, 0.05) is 6.07 Å². The Morgan fingerprint density at radius 2 is 2.05 bits per heavy atom. The highest BCUT2D eigenvalue weighted by Crippen LogP contribution is 2.26. The number of nitrogens with two attached hydrogens (primary N) is 1. The molecule has 3 rings (SSSR count). The van der Waals surface area contributed by atoms with Gasteiger partial charge in [0.25, 0.3) is 0 Å². The number of nitrogen functional groups attached to an aromatic ring is 1. The van der Waals surface area contributed by atoms with Crippen molar-refractivity contribution in [2.24, 2.45) is 0 Å². The smallest absolute Gasteiger partial charge is 0.128 e. The molecule has 0 aliphatic rings. The number of hydrogen-bond acceptors (Lipinski definition) is 3. The van der Waals surface area contributed by atoms with E-state index in [2.05, 4.69) is 11.1 Å². The van der Waals surface area contributed by atoms with Gasteiger partial charge in [-0.05, 0) is 24.3 Å². The van der Waals surface area contributed by atoms with E-state index in [0.717, 1.165) is 11.0 Å². The molecule has 0 atom stereocenters. The highest BCUT2D eigenvalue weighted by molar-refractivity contribution is 5.80. The Labute approximate surface area is 114 Å². The molecule has 0 bridgehead atoms. The first-order valence-electron chi connectivity index (χ1n) is 6.09. The van der Waals surface area contributed by atoms with E-state index in [1.165, 1.54) is 18.2 Å². The summed E-state index contributed by atoms with van der Waals surface area (Å²) < 4.78 is 15.2. The molecule has 0 amide bonds. The average Bonchev–Trinajstić information content (AvgIpc) is 2.80. The minimum Gasteiger partial charge on any atom is -0.397 e. The maximum Gasteiger partial charge on any atom is 0.128 e. The molecule has 5 heteroatoms. The van der Waals surface area contributed by atoms with Crippen LogP contribution in [0.1, 0.15) is 5.82 Å². The van der Waals surface area contributed by atoms with Crippen LogP contribution in [0.3, 0.4) is 0 Å². The number of benzene rings is 2. The zero-order valence-electron chi connectivity index (χ0n) is 10.5. The van der Waals surface area contributed by atoms with Crippen LogP contribution in [0.2, 0.25) is 0 Å². The van der Waals surface area contributed by atoms with Crippen LogP contribution < -0.4 is 5.73 Å². The third kappa shape index (κ3) is 1.88. The lowest BCUT2D eigenvalue weighted by atomic mass is 10.2. The minimum absolute atomic E-state index is 0.130. The van der Waals surface area contributed by atoms with Gasteiger partial charge in [0.1, 0.15) is 11.6 Å². The number of anilines is 1. The van der Waals surface area contributed by atoms with Crippen molar-refractivity contribution in [3.05, 3.63) is 54.1 Å². The molecule has 1 aromatic heterocycles. The third-order valence-electron chi connectivity index (χ3n) is 3.10. The first-order valence-corrected chi connectivity index (χ1v) is 6.09. The van der Waals surface area contributed by atoms with Crippen molar-refractivity contribution in [1.82, 2.24) is 9.55 Å². The average molecular weight is 266 g/mol. The zero-order valence-corrected chi connectivity index (χ0v) is 10.5. The SMILES string of the molecule is N#CCc1nc2ccccc2n1-c1cc(F)ccc1N. The highest BCUT2D eigenvalue weighted by Gasteiger charge is 2.14. The largest absolute Gasteiger partial charge is 0.397 e. The molecule has 20 heavy (non-hydrogen) atoms. The molecule has 98 valence electrons. The highest BCUT2D eigenvalue weighted by atomic mass is 19.1. The van der Waals surface area contributed by atoms with Gasteiger partial charge in [-0.2, -0.15) is 5.26 Å². The van der Waals surface area contributed by atoms with Crippen LogP contribution in [0, 0.1) is 17.1 Å². The quantitative estimate of drug-likeness (QED) is 0.725. The summed E-state index contributed by atoms with van der Waals surface area (Å²) in [7, 11) is 0. The molecule has 1 heterocycles. The number of rotatable bonds is 2. The summed E-state index contributed by atoms with van der Waals surface area (Å²) in [6.45, 7) is 0. The molecule has 0 unspecified atom stereocenters. The number of halogens is 1. The maximum atomic E-state index is 13.5. The van der Waals surface area contributed by atoms with E-state index in [1.807, 2.05) is 24.3 Å². The monoisotopic (exact) mass is 266 g/mol. The van der Waals surface area contributed by atoms with Crippen LogP contribution in [0.5, 0.6) is 0 Å². The van der Waals surface area contributed by atoms with Crippen LogP contribution in [0.15, 0.2) is 42.5 Å². The molecule has 4 nitrogen and oxygen atoms in total. The molecule has 0 saturated carbocycles. The predicted molar refractivity (Wildman–Crippen MR) is 74.8 cm³/mol. The summed E-state index contributed by atoms with van der Waals surface area (Å²) >= 11 is 0. The molecule has 0 aliphatic heterocycles. The topological polar surface area (TPSA) is 67.6 Å². The number of aromatic nitrogens is 2. The second kappa shape index (κ2) is 4.67. The lowest BCUT2D eigenvalue weighted by molar-refractivity contribution is 0.627. The molecule has 2 aromatic carbocycles. The number of imidazole rings is 1. The summed E-state index contributed by atoms with van der Waals surface area (Å²) in [5, 5.41) is 8.93. The number of nitriles is 1. The predicted octanol–water partition coefficient (Wildman–Crippen LogP) is 2.81. The van der Waals surface area contributed by atoms with Crippen LogP contribution in [0.4, 0.5) is 10.1 Å². The van der Waals surface area contributed by atoms with Gasteiger partial charge in [-0.3, -0.25) is 4.57 Å². The van der Waals surface area contributed by atoms with E-state index in [1.54, 1.807) is 4.57 Å². The lowest BCUT2D eigenvalue weighted by Gasteiger charge is -2.10. The van der Waals surface area contributed by atoms with Gasteiger partial charge >= 0.3 is 0 Å². The fourth-order valence-corrected chi connectivity index (χ4v) is 2.24. The lowest BCUT2D eigenvalue weighted by Crippen LogP contribution is -2.04. The van der Waals surface area contributed by atoms with Gasteiger partial charge in [0.05, 0.1) is 34.9 Å². The van der Waals surface area contributed by atoms with Crippen molar-refractivity contribution in [3.63, 3.8) is 0 Å². The molecule has 0 spiro atoms. The third-order valence-corrected chi connectivity index (χ3v) is 3.10. The van der Waals surface area contributed by atoms with E-state index in [-0.39, 0.29) is 12.2 Å². The Hall–Kier alpha value is -2.87. The van der Waals surface area contributed by atoms with Crippen molar-refractivity contribution in [2.75, 3.05) is 5.73 Å². The molecule has 2 N–H and O–H groups in total. The Morgan fingerprint density at radius 1 is 1.25 bits per heavy atom. The first kappa shape index (κ1) is 12.2. The number of nitrogens with zero attached hydrogens (tertiary/aromatic N) is 3. The molecule has 3 aromatic rings. The number of fused-ring (bicyclic) bond motifs is 1. The maximum absolute atomic E-state index is 13.5. The summed E-state index contributed by atoms with van der Waals surface area (Å²) in [5.41, 5.74) is 8.43. The molecule has 0 fully saturated rings. The summed E-state index contributed by atoms with van der Waals surface area (Å²) in [5.74, 6) is 0.167. The fraction of sp³-hybridized carbons (Fsp3) is 0.0667. The second-order valence-electron chi connectivity index (χ2n) is 4.39. The van der Waals surface area contributed by atoms with Crippen molar-refractivity contribution in [1.29, 1.82) is 5.26 Å². The second-order valence-corrected chi connectivity index (χ2v) is 4.39. The van der Waals surface area contributed by atoms with Crippen LogP contribution in [-0.4, -0.2) is 9.55 Å². The fourth-order valence-electron chi connectivity index (χ4n) is 2.24. The van der Waals surface area contributed by atoms with E-state index < -0.39 is 0 Å². The Morgan fingerprint density at radius 3 is 2.85 bits per heavy atom. The van der Waals surface area contributed by atoms with Crippen molar-refractivity contribution in [2.45, 2.75) is 6.42 Å². The number of hydrogen-bond donors (Lipinski definition) is 1. The molecular weight excluding hydrogens is 255 g/mol. The number of para-hydroxylation sites is 2. The summed E-state index contributed by atoms with van der Waals surface area (Å²) in [6.07, 6.45) is 0.130. The van der Waals surface area contributed by atoms with Crippen molar-refractivity contribution >= 4 is 16.7 Å². The molecular formula is C15H11FN4. The van der Waals surface area contributed by atoms with Gasteiger partial charge in [-0.25, -0.2) is 9.37 Å². The van der Waals surface area contributed by atoms with Gasteiger partial charge in [0.15, 0.2) is 0 Å². The standard InChI is InChI=1S/C15H11FN4/c16-10-5-6-11(18)14(9-10)20-13-4-2-1-3-12(13)19-15(20)7-8-17/h1-6,9H,7,18H2. The van der Waals surface area contributed by atoms with Gasteiger partial charge in [-0.15, -0.1) is 0 Å². The molecule has 0 radical (unpaired) electrons. The van der Waals surface area contributed by atoms with E-state index in [0.29, 0.717) is 17.2 Å². The Kier molecular flexibility index (Phi) is 2.84.